The highest BCUT2D eigenvalue weighted by atomic mass is 32.1. The molecule has 1 N–H and O–H groups in total. The third-order valence-electron chi connectivity index (χ3n) is 3.65. The summed E-state index contributed by atoms with van der Waals surface area (Å²) in [4.78, 5) is 21.2. The van der Waals surface area contributed by atoms with Crippen LogP contribution in [0.25, 0.3) is 11.3 Å². The maximum atomic E-state index is 12.5. The number of hydrogen-bond donors (Lipinski definition) is 1. The summed E-state index contributed by atoms with van der Waals surface area (Å²) in [5, 5.41) is 5.20. The van der Waals surface area contributed by atoms with Crippen molar-refractivity contribution in [3.8, 4) is 22.9 Å². The topological polar surface area (TPSA) is 73.3 Å². The first-order valence-electron chi connectivity index (χ1n) is 8.12. The lowest BCUT2D eigenvalue weighted by Crippen LogP contribution is -2.14. The number of aryl methyl sites for hydroxylation is 1. The van der Waals surface area contributed by atoms with Crippen LogP contribution in [0.5, 0.6) is 11.6 Å². The average Bonchev–Trinajstić information content (AvgIpc) is 3.10. The van der Waals surface area contributed by atoms with Crippen LogP contribution in [-0.2, 0) is 0 Å². The van der Waals surface area contributed by atoms with Crippen LogP contribution in [0.15, 0.2) is 41.9 Å². The summed E-state index contributed by atoms with van der Waals surface area (Å²) >= 11 is 1.35. The minimum Gasteiger partial charge on any atom is -0.496 e. The molecule has 3 aromatic rings. The van der Waals surface area contributed by atoms with Crippen LogP contribution in [0.2, 0.25) is 0 Å². The number of carbonyl (C=O) groups is 1. The number of methoxy groups -OCH3 is 1. The number of carbonyl (C=O) groups excluding carboxylic acids is 1. The van der Waals surface area contributed by atoms with E-state index in [2.05, 4.69) is 15.3 Å². The van der Waals surface area contributed by atoms with Crippen molar-refractivity contribution in [3.05, 3.63) is 53.0 Å². The first-order valence-corrected chi connectivity index (χ1v) is 9.00. The Hall–Kier alpha value is -2.93. The molecule has 3 rings (SSSR count). The predicted octanol–water partition coefficient (Wildman–Crippen LogP) is 4.17. The molecule has 26 heavy (non-hydrogen) atoms. The van der Waals surface area contributed by atoms with Crippen LogP contribution in [0, 0.1) is 6.92 Å². The zero-order chi connectivity index (χ0) is 18.5. The zero-order valence-electron chi connectivity index (χ0n) is 14.8. The first-order chi connectivity index (χ1) is 12.6. The van der Waals surface area contributed by atoms with Crippen molar-refractivity contribution in [2.75, 3.05) is 19.0 Å². The smallest absolute Gasteiger partial charge is 0.262 e. The Morgan fingerprint density at radius 1 is 1.31 bits per heavy atom. The fourth-order valence-corrected chi connectivity index (χ4v) is 3.16. The number of anilines is 1. The van der Waals surface area contributed by atoms with Crippen molar-refractivity contribution in [2.24, 2.45) is 0 Å². The van der Waals surface area contributed by atoms with Crippen molar-refractivity contribution >= 4 is 22.4 Å². The molecule has 0 unspecified atom stereocenters. The van der Waals surface area contributed by atoms with Gasteiger partial charge in [0.2, 0.25) is 5.88 Å². The number of nitrogens with one attached hydrogen (secondary N) is 1. The van der Waals surface area contributed by atoms with Crippen LogP contribution < -0.4 is 14.8 Å². The Bertz CT molecular complexity index is 924. The van der Waals surface area contributed by atoms with Gasteiger partial charge in [0.1, 0.15) is 11.3 Å². The van der Waals surface area contributed by atoms with Gasteiger partial charge in [-0.05, 0) is 38.1 Å². The van der Waals surface area contributed by atoms with Gasteiger partial charge in [0.05, 0.1) is 19.4 Å². The van der Waals surface area contributed by atoms with E-state index >= 15 is 0 Å². The molecule has 0 aliphatic heterocycles. The maximum Gasteiger partial charge on any atom is 0.262 e. The monoisotopic (exact) mass is 369 g/mol. The first kappa shape index (κ1) is 17.9. The molecule has 0 fully saturated rings. The number of amides is 1. The van der Waals surface area contributed by atoms with Crippen LogP contribution in [0.1, 0.15) is 22.8 Å². The van der Waals surface area contributed by atoms with E-state index in [0.717, 1.165) is 22.6 Å². The number of rotatable bonds is 6. The lowest BCUT2D eigenvalue weighted by molar-refractivity contribution is 0.102. The molecule has 7 heteroatoms. The molecule has 0 radical (unpaired) electrons. The quantitative estimate of drug-likeness (QED) is 0.706. The van der Waals surface area contributed by atoms with Gasteiger partial charge < -0.3 is 9.47 Å². The lowest BCUT2D eigenvalue weighted by Gasteiger charge is -2.08. The molecule has 0 saturated heterocycles. The second-order valence-electron chi connectivity index (χ2n) is 5.48. The lowest BCUT2D eigenvalue weighted by atomic mass is 10.1. The maximum absolute atomic E-state index is 12.5. The summed E-state index contributed by atoms with van der Waals surface area (Å²) in [5.74, 6) is 0.743. The van der Waals surface area contributed by atoms with Crippen molar-refractivity contribution in [1.29, 1.82) is 0 Å². The third-order valence-corrected chi connectivity index (χ3v) is 4.41. The van der Waals surface area contributed by atoms with E-state index in [-0.39, 0.29) is 5.91 Å². The van der Waals surface area contributed by atoms with Gasteiger partial charge in [0.25, 0.3) is 5.91 Å². The van der Waals surface area contributed by atoms with E-state index in [1.165, 1.54) is 11.3 Å². The third kappa shape index (κ3) is 3.83. The second-order valence-corrected chi connectivity index (χ2v) is 6.34. The SMILES string of the molecule is CCOc1ncccc1C(=O)Nc1nc(-c2cc(C)ccc2OC)cs1. The van der Waals surface area contributed by atoms with Gasteiger partial charge in [0, 0.05) is 17.1 Å². The van der Waals surface area contributed by atoms with Crippen LogP contribution >= 0.6 is 11.3 Å². The standard InChI is InChI=1S/C19H19N3O3S/c1-4-25-18-13(6-5-9-20-18)17(23)22-19-21-15(11-26-19)14-10-12(2)7-8-16(14)24-3/h5-11H,4H2,1-3H3,(H,21,22,23). The molecule has 2 aromatic heterocycles. The van der Waals surface area contributed by atoms with Crippen molar-refractivity contribution in [1.82, 2.24) is 9.97 Å². The van der Waals surface area contributed by atoms with Gasteiger partial charge in [-0.25, -0.2) is 9.97 Å². The molecular formula is C19H19N3O3S. The van der Waals surface area contributed by atoms with E-state index in [0.29, 0.717) is 23.2 Å². The predicted molar refractivity (Wildman–Crippen MR) is 102 cm³/mol. The number of aromatic nitrogens is 2. The second kappa shape index (κ2) is 7.97. The fraction of sp³-hybridized carbons (Fsp3) is 0.211. The molecule has 1 amide bonds. The Kier molecular flexibility index (Phi) is 5.48. The number of hydrogen-bond acceptors (Lipinski definition) is 6. The molecule has 0 aliphatic carbocycles. The highest BCUT2D eigenvalue weighted by Crippen LogP contribution is 2.33. The van der Waals surface area contributed by atoms with Gasteiger partial charge in [0.15, 0.2) is 5.13 Å². The molecule has 0 saturated carbocycles. The Morgan fingerprint density at radius 3 is 2.92 bits per heavy atom. The van der Waals surface area contributed by atoms with Crippen LogP contribution in [0.3, 0.4) is 0 Å². The van der Waals surface area contributed by atoms with Crippen molar-refractivity contribution in [2.45, 2.75) is 13.8 Å². The normalized spacial score (nSPS) is 10.4. The van der Waals surface area contributed by atoms with Gasteiger partial charge >= 0.3 is 0 Å². The number of ether oxygens (including phenoxy) is 2. The van der Waals surface area contributed by atoms with E-state index in [1.54, 1.807) is 25.4 Å². The van der Waals surface area contributed by atoms with Crippen LogP contribution in [-0.4, -0.2) is 29.6 Å². The van der Waals surface area contributed by atoms with E-state index in [9.17, 15) is 4.79 Å². The Labute approximate surface area is 155 Å². The summed E-state index contributed by atoms with van der Waals surface area (Å²) < 4.78 is 10.8. The summed E-state index contributed by atoms with van der Waals surface area (Å²) in [6.07, 6.45) is 1.59. The van der Waals surface area contributed by atoms with Gasteiger partial charge in [-0.1, -0.05) is 11.6 Å². The van der Waals surface area contributed by atoms with Crippen molar-refractivity contribution < 1.29 is 14.3 Å². The van der Waals surface area contributed by atoms with Gasteiger partial charge in [-0.3, -0.25) is 10.1 Å². The fourth-order valence-electron chi connectivity index (χ4n) is 2.46. The number of pyridine rings is 1. The highest BCUT2D eigenvalue weighted by molar-refractivity contribution is 7.14. The molecule has 134 valence electrons. The van der Waals surface area contributed by atoms with Gasteiger partial charge in [-0.15, -0.1) is 11.3 Å². The molecule has 0 aliphatic rings. The molecule has 0 atom stereocenters. The Morgan fingerprint density at radius 2 is 2.15 bits per heavy atom. The molecule has 0 spiro atoms. The average molecular weight is 369 g/mol. The minimum absolute atomic E-state index is 0.307. The molecule has 1 aromatic carbocycles. The van der Waals surface area contributed by atoms with E-state index in [4.69, 9.17) is 9.47 Å². The molecule has 2 heterocycles. The number of benzene rings is 1. The number of nitrogens with zero attached hydrogens (tertiary/aromatic N) is 2. The largest absolute Gasteiger partial charge is 0.496 e. The Balaban J connectivity index is 1.83. The highest BCUT2D eigenvalue weighted by Gasteiger charge is 2.16. The van der Waals surface area contributed by atoms with Crippen LogP contribution in [0.4, 0.5) is 5.13 Å². The number of thiazole rings is 1. The minimum atomic E-state index is -0.307. The molecular weight excluding hydrogens is 350 g/mol. The summed E-state index contributed by atoms with van der Waals surface area (Å²) in [7, 11) is 1.63. The summed E-state index contributed by atoms with van der Waals surface area (Å²) in [5.41, 5.74) is 3.12. The van der Waals surface area contributed by atoms with Crippen molar-refractivity contribution in [3.63, 3.8) is 0 Å². The van der Waals surface area contributed by atoms with E-state index in [1.807, 2.05) is 37.4 Å². The summed E-state index contributed by atoms with van der Waals surface area (Å²) in [6, 6.07) is 9.27. The summed E-state index contributed by atoms with van der Waals surface area (Å²) in [6.45, 7) is 4.29. The molecule has 6 nitrogen and oxygen atoms in total. The zero-order valence-corrected chi connectivity index (χ0v) is 15.6. The van der Waals surface area contributed by atoms with E-state index < -0.39 is 0 Å². The molecule has 0 bridgehead atoms. The van der Waals surface area contributed by atoms with Gasteiger partial charge in [-0.2, -0.15) is 0 Å².